The first kappa shape index (κ1) is 29.3. The number of nitrogens with one attached hydrogen (secondary N) is 1. The number of nitrogens with two attached hydrogens (primary N) is 1. The van der Waals surface area contributed by atoms with Gasteiger partial charge in [-0.1, -0.05) is 6.07 Å². The van der Waals surface area contributed by atoms with E-state index < -0.39 is 40.0 Å². The number of alkyl halides is 3. The first-order valence-corrected chi connectivity index (χ1v) is 13.9. The lowest BCUT2D eigenvalue weighted by atomic mass is 9.81. The highest BCUT2D eigenvalue weighted by molar-refractivity contribution is 7.99. The fourth-order valence-corrected chi connectivity index (χ4v) is 6.43. The van der Waals surface area contributed by atoms with Gasteiger partial charge in [0.1, 0.15) is 11.6 Å². The van der Waals surface area contributed by atoms with Crippen LogP contribution in [0.5, 0.6) is 0 Å². The lowest BCUT2D eigenvalue weighted by Crippen LogP contribution is -2.50. The number of primary amides is 1. The van der Waals surface area contributed by atoms with Crippen molar-refractivity contribution in [2.45, 2.75) is 68.7 Å². The Kier molecular flexibility index (Phi) is 8.55. The molecule has 1 saturated carbocycles. The molecule has 0 unspecified atom stereocenters. The van der Waals surface area contributed by atoms with Gasteiger partial charge in [0.05, 0.1) is 15.8 Å². The van der Waals surface area contributed by atoms with Crippen LogP contribution < -0.4 is 11.1 Å². The highest BCUT2D eigenvalue weighted by Crippen LogP contribution is 2.66. The number of likely N-dealkylation sites (tertiary alicyclic amines) is 1. The van der Waals surface area contributed by atoms with Gasteiger partial charge >= 0.3 is 6.18 Å². The minimum absolute atomic E-state index is 0.0330. The van der Waals surface area contributed by atoms with Crippen LogP contribution in [0.2, 0.25) is 0 Å². The number of hydrogen-bond donors (Lipinski definition) is 2. The predicted molar refractivity (Wildman–Crippen MR) is 140 cm³/mol. The Hall–Kier alpha value is -2.73. The second kappa shape index (κ2) is 11.4. The van der Waals surface area contributed by atoms with Gasteiger partial charge in [-0.25, -0.2) is 14.4 Å². The van der Waals surface area contributed by atoms with Crippen molar-refractivity contribution in [3.63, 3.8) is 0 Å². The van der Waals surface area contributed by atoms with Crippen LogP contribution >= 0.6 is 11.8 Å². The van der Waals surface area contributed by atoms with Gasteiger partial charge < -0.3 is 11.1 Å². The number of carbonyl (C=O) groups is 2. The number of amides is 2. The van der Waals surface area contributed by atoms with Crippen LogP contribution in [0, 0.1) is 18.2 Å². The topological polar surface area (TPSA) is 101 Å². The SMILES string of the molecule is Cc1ncc([C@@H](CC(=O)NC[C@@](C)(SCc2ccc(C(N)=O)c(F)c2)N2CCCC2)C2(C(F)(F)F)CC2)cn1. The molecule has 7 nitrogen and oxygen atoms in total. The molecule has 0 radical (unpaired) electrons. The zero-order chi connectivity index (χ0) is 28.4. The van der Waals surface area contributed by atoms with Crippen molar-refractivity contribution >= 4 is 23.6 Å². The van der Waals surface area contributed by atoms with Gasteiger partial charge in [-0.2, -0.15) is 13.2 Å². The zero-order valence-electron chi connectivity index (χ0n) is 22.0. The van der Waals surface area contributed by atoms with Gasteiger partial charge in [-0.15, -0.1) is 11.8 Å². The summed E-state index contributed by atoms with van der Waals surface area (Å²) in [7, 11) is 0. The van der Waals surface area contributed by atoms with Crippen molar-refractivity contribution in [1.29, 1.82) is 0 Å². The molecule has 1 aromatic carbocycles. The van der Waals surface area contributed by atoms with E-state index in [4.69, 9.17) is 5.73 Å². The number of aryl methyl sites for hydroxylation is 1. The number of nitrogens with zero attached hydrogens (tertiary/aromatic N) is 3. The Morgan fingerprint density at radius 3 is 2.36 bits per heavy atom. The molecule has 4 rings (SSSR count). The molecule has 12 heteroatoms. The third kappa shape index (κ3) is 6.54. The van der Waals surface area contributed by atoms with Gasteiger partial charge in [-0.05, 0) is 75.9 Å². The number of rotatable bonds is 11. The number of benzene rings is 1. The molecule has 1 saturated heterocycles. The van der Waals surface area contributed by atoms with Gasteiger partial charge in [0.2, 0.25) is 5.91 Å². The Bertz CT molecular complexity index is 1200. The second-order valence-electron chi connectivity index (χ2n) is 10.6. The number of hydrogen-bond acceptors (Lipinski definition) is 6. The molecule has 2 aromatic rings. The average Bonchev–Trinajstić information content (AvgIpc) is 3.51. The summed E-state index contributed by atoms with van der Waals surface area (Å²) < 4.78 is 56.5. The Morgan fingerprint density at radius 2 is 1.82 bits per heavy atom. The van der Waals surface area contributed by atoms with Gasteiger partial charge in [0.25, 0.3) is 5.91 Å². The van der Waals surface area contributed by atoms with E-state index in [1.807, 2.05) is 6.92 Å². The van der Waals surface area contributed by atoms with E-state index in [9.17, 15) is 27.2 Å². The van der Waals surface area contributed by atoms with Crippen LogP contribution in [0.25, 0.3) is 0 Å². The van der Waals surface area contributed by atoms with E-state index in [0.717, 1.165) is 25.9 Å². The lowest BCUT2D eigenvalue weighted by Gasteiger charge is -2.39. The highest BCUT2D eigenvalue weighted by atomic mass is 32.2. The maximum Gasteiger partial charge on any atom is 0.395 e. The first-order valence-electron chi connectivity index (χ1n) is 12.9. The largest absolute Gasteiger partial charge is 0.395 e. The summed E-state index contributed by atoms with van der Waals surface area (Å²) >= 11 is 1.51. The Labute approximate surface area is 229 Å². The molecular weight excluding hydrogens is 534 g/mol. The molecule has 2 amide bonds. The van der Waals surface area contributed by atoms with Crippen molar-refractivity contribution < 1.29 is 27.2 Å². The van der Waals surface area contributed by atoms with E-state index >= 15 is 0 Å². The van der Waals surface area contributed by atoms with Crippen LogP contribution in [0.3, 0.4) is 0 Å². The summed E-state index contributed by atoms with van der Waals surface area (Å²) in [6.07, 6.45) is -0.0682. The molecule has 2 atom stereocenters. The second-order valence-corrected chi connectivity index (χ2v) is 12.0. The van der Waals surface area contributed by atoms with Gasteiger partial charge in [0.15, 0.2) is 0 Å². The van der Waals surface area contributed by atoms with Crippen molar-refractivity contribution in [3.05, 3.63) is 58.9 Å². The normalized spacial score (nSPS) is 19.3. The molecule has 3 N–H and O–H groups in total. The fourth-order valence-electron chi connectivity index (χ4n) is 5.23. The third-order valence-corrected chi connectivity index (χ3v) is 9.35. The molecule has 0 bridgehead atoms. The Balaban J connectivity index is 1.47. The highest BCUT2D eigenvalue weighted by Gasteiger charge is 2.67. The molecule has 2 aliphatic rings. The van der Waals surface area contributed by atoms with Gasteiger partial charge in [-0.3, -0.25) is 14.5 Å². The van der Waals surface area contributed by atoms with E-state index in [1.54, 1.807) is 13.0 Å². The fraction of sp³-hybridized carbons (Fsp3) is 0.556. The van der Waals surface area contributed by atoms with E-state index in [0.29, 0.717) is 22.7 Å². The molecule has 1 aliphatic heterocycles. The predicted octanol–water partition coefficient (Wildman–Crippen LogP) is 4.70. The maximum atomic E-state index is 14.3. The summed E-state index contributed by atoms with van der Waals surface area (Å²) in [5, 5.41) is 2.89. The standard InChI is InChI=1S/C27H33F4N5O2S/c1-17-33-13-19(14-34-17)21(26(7-8-26)27(29,30)31)12-23(37)35-16-25(2,36-9-3-4-10-36)39-15-18-5-6-20(24(32)38)22(28)11-18/h5-6,11,13-14,21H,3-4,7-10,12,15-16H2,1-2H3,(H2,32,38)(H,35,37)/t21-,25-/m1/s1. The summed E-state index contributed by atoms with van der Waals surface area (Å²) in [6.45, 7) is 5.46. The van der Waals surface area contributed by atoms with Crippen LogP contribution in [0.15, 0.2) is 30.6 Å². The number of aromatic nitrogens is 2. The smallest absolute Gasteiger partial charge is 0.366 e. The van der Waals surface area contributed by atoms with E-state index in [-0.39, 0.29) is 31.4 Å². The van der Waals surface area contributed by atoms with Crippen LogP contribution in [-0.2, 0) is 10.5 Å². The quantitative estimate of drug-likeness (QED) is 0.382. The molecule has 39 heavy (non-hydrogen) atoms. The van der Waals surface area contributed by atoms with E-state index in [2.05, 4.69) is 20.2 Å². The van der Waals surface area contributed by atoms with Gasteiger partial charge in [0, 0.05) is 37.0 Å². The van der Waals surface area contributed by atoms with Crippen LogP contribution in [0.1, 0.15) is 72.3 Å². The minimum Gasteiger partial charge on any atom is -0.366 e. The average molecular weight is 568 g/mol. The monoisotopic (exact) mass is 567 g/mol. The number of carbonyl (C=O) groups excluding carboxylic acids is 2. The summed E-state index contributed by atoms with van der Waals surface area (Å²) in [5.74, 6) is -2.23. The lowest BCUT2D eigenvalue weighted by molar-refractivity contribution is -0.194. The summed E-state index contributed by atoms with van der Waals surface area (Å²) in [6, 6.07) is 4.27. The zero-order valence-corrected chi connectivity index (χ0v) is 22.8. The molecule has 212 valence electrons. The molecular formula is C27H33F4N5O2S. The number of thioether (sulfide) groups is 1. The molecule has 0 spiro atoms. The molecule has 1 aliphatic carbocycles. The van der Waals surface area contributed by atoms with E-state index in [1.165, 1.54) is 36.3 Å². The first-order chi connectivity index (χ1) is 18.3. The molecule has 2 fully saturated rings. The van der Waals surface area contributed by atoms with Crippen molar-refractivity contribution in [2.75, 3.05) is 19.6 Å². The minimum atomic E-state index is -4.44. The van der Waals surface area contributed by atoms with Crippen molar-refractivity contribution in [2.24, 2.45) is 11.1 Å². The molecule has 1 aromatic heterocycles. The van der Waals surface area contributed by atoms with Crippen molar-refractivity contribution in [3.8, 4) is 0 Å². The van der Waals surface area contributed by atoms with Crippen LogP contribution in [-0.4, -0.2) is 57.4 Å². The molecule has 2 heterocycles. The van der Waals surface area contributed by atoms with Crippen LogP contribution in [0.4, 0.5) is 17.6 Å². The van der Waals surface area contributed by atoms with Crippen molar-refractivity contribution in [1.82, 2.24) is 20.2 Å². The number of halogens is 4. The summed E-state index contributed by atoms with van der Waals surface area (Å²) in [4.78, 5) is 34.3. The summed E-state index contributed by atoms with van der Waals surface area (Å²) in [5.41, 5.74) is 4.02. The maximum absolute atomic E-state index is 14.3. The Morgan fingerprint density at radius 1 is 1.18 bits per heavy atom. The third-order valence-electron chi connectivity index (χ3n) is 7.85.